The van der Waals surface area contributed by atoms with E-state index < -0.39 is 0 Å². The van der Waals surface area contributed by atoms with Crippen LogP contribution in [-0.2, 0) is 0 Å². The van der Waals surface area contributed by atoms with Crippen LogP contribution in [0.4, 0.5) is 11.4 Å². The van der Waals surface area contributed by atoms with Crippen molar-refractivity contribution in [2.45, 2.75) is 0 Å². The fourth-order valence-electron chi connectivity index (χ4n) is 2.01. The number of anilines is 2. The summed E-state index contributed by atoms with van der Waals surface area (Å²) in [7, 11) is 0. The van der Waals surface area contributed by atoms with Crippen molar-refractivity contribution < 1.29 is 8.83 Å². The Bertz CT molecular complexity index is 816. The Morgan fingerprint density at radius 3 is 2.40 bits per heavy atom. The van der Waals surface area contributed by atoms with E-state index in [-0.39, 0.29) is 0 Å². The topological polar surface area (TPSA) is 78.3 Å². The molecular weight excluding hydrogens is 252 g/mol. The van der Waals surface area contributed by atoms with Gasteiger partial charge in [-0.3, -0.25) is 0 Å². The summed E-state index contributed by atoms with van der Waals surface area (Å²) in [5, 5.41) is 2.04. The van der Waals surface area contributed by atoms with E-state index in [1.807, 2.05) is 42.5 Å². The molecule has 4 nitrogen and oxygen atoms in total. The van der Waals surface area contributed by atoms with Gasteiger partial charge in [-0.05, 0) is 24.3 Å². The lowest BCUT2D eigenvalue weighted by Crippen LogP contribution is -1.84. The number of benzene rings is 2. The van der Waals surface area contributed by atoms with Gasteiger partial charge in [0.15, 0.2) is 5.58 Å². The average Bonchev–Trinajstić information content (AvgIpc) is 3.08. The average molecular weight is 266 g/mol. The summed E-state index contributed by atoms with van der Waals surface area (Å²) in [5.74, 6) is 0. The molecule has 4 rings (SSSR count). The van der Waals surface area contributed by atoms with Crippen LogP contribution in [-0.4, -0.2) is 0 Å². The molecule has 0 fully saturated rings. The van der Waals surface area contributed by atoms with Gasteiger partial charge in [-0.2, -0.15) is 0 Å². The molecule has 0 aliphatic rings. The minimum Gasteiger partial charge on any atom is -0.464 e. The molecule has 100 valence electrons. The maximum Gasteiger partial charge on any atom is 0.158 e. The Morgan fingerprint density at radius 1 is 0.750 bits per heavy atom. The maximum absolute atomic E-state index is 5.62. The summed E-state index contributed by atoms with van der Waals surface area (Å²) < 4.78 is 10.2. The highest BCUT2D eigenvalue weighted by molar-refractivity contribution is 5.96. The smallest absolute Gasteiger partial charge is 0.158 e. The van der Waals surface area contributed by atoms with Crippen LogP contribution in [0.3, 0.4) is 0 Å². The second-order valence-electron chi connectivity index (χ2n) is 4.37. The van der Waals surface area contributed by atoms with Crippen LogP contribution in [0.15, 0.2) is 69.9 Å². The first-order valence-corrected chi connectivity index (χ1v) is 6.19. The molecule has 0 unspecified atom stereocenters. The van der Waals surface area contributed by atoms with Gasteiger partial charge in [-0.25, -0.2) is 0 Å². The minimum atomic E-state index is 0.624. The highest BCUT2D eigenvalue weighted by atomic mass is 16.3. The van der Waals surface area contributed by atoms with Crippen molar-refractivity contribution in [1.29, 1.82) is 0 Å². The van der Waals surface area contributed by atoms with Crippen LogP contribution in [0.1, 0.15) is 0 Å². The van der Waals surface area contributed by atoms with Crippen LogP contribution in [0.5, 0.6) is 0 Å². The summed E-state index contributed by atoms with van der Waals surface area (Å²) in [4.78, 5) is 0. The van der Waals surface area contributed by atoms with Gasteiger partial charge in [0.1, 0.15) is 11.8 Å². The Balaban J connectivity index is 0.000000123. The first-order valence-electron chi connectivity index (χ1n) is 6.19. The minimum absolute atomic E-state index is 0.624. The standard InChI is InChI=1S/C8H8N2O.C8H6O/c9-6-3-1-2-5-7(10)4-11-8(5)6;1-2-4-8-7(3-1)5-6-9-8/h1-4H,9-10H2;1-6H. The quantitative estimate of drug-likeness (QED) is 0.471. The molecule has 20 heavy (non-hydrogen) atoms. The zero-order valence-corrected chi connectivity index (χ0v) is 10.7. The summed E-state index contributed by atoms with van der Waals surface area (Å²) >= 11 is 0. The third kappa shape index (κ3) is 2.19. The van der Waals surface area contributed by atoms with Gasteiger partial charge < -0.3 is 20.3 Å². The number of nitrogen functional groups attached to an aromatic ring is 2. The fourth-order valence-corrected chi connectivity index (χ4v) is 2.01. The lowest BCUT2D eigenvalue weighted by molar-refractivity contribution is 0.616. The predicted octanol–water partition coefficient (Wildman–Crippen LogP) is 4.03. The first kappa shape index (κ1) is 12.2. The SMILES string of the molecule is Nc1coc2c(N)cccc12.c1ccc2occc2c1. The van der Waals surface area contributed by atoms with Crippen molar-refractivity contribution in [2.24, 2.45) is 0 Å². The van der Waals surface area contributed by atoms with Crippen LogP contribution >= 0.6 is 0 Å². The van der Waals surface area contributed by atoms with Crippen molar-refractivity contribution >= 4 is 33.3 Å². The Kier molecular flexibility index (Phi) is 3.05. The number of rotatable bonds is 0. The third-order valence-corrected chi connectivity index (χ3v) is 3.02. The molecule has 0 saturated heterocycles. The maximum atomic E-state index is 5.62. The van der Waals surface area contributed by atoms with Gasteiger partial charge in [0.05, 0.1) is 17.6 Å². The van der Waals surface area contributed by atoms with Gasteiger partial charge >= 0.3 is 0 Å². The van der Waals surface area contributed by atoms with E-state index in [4.69, 9.17) is 20.3 Å². The van der Waals surface area contributed by atoms with Crippen LogP contribution in [0.25, 0.3) is 21.9 Å². The van der Waals surface area contributed by atoms with E-state index in [0.717, 1.165) is 16.4 Å². The van der Waals surface area contributed by atoms with E-state index in [1.165, 1.54) is 6.26 Å². The molecule has 0 amide bonds. The molecule has 4 heteroatoms. The summed E-state index contributed by atoms with van der Waals surface area (Å²) in [5.41, 5.74) is 14.1. The zero-order chi connectivity index (χ0) is 13.9. The number of furan rings is 2. The van der Waals surface area contributed by atoms with E-state index in [2.05, 4.69) is 0 Å². The first-order chi connectivity index (χ1) is 9.75. The lowest BCUT2D eigenvalue weighted by atomic mass is 10.2. The normalized spacial score (nSPS) is 10.4. The Morgan fingerprint density at radius 2 is 1.60 bits per heavy atom. The molecule has 0 aliphatic carbocycles. The molecule has 4 N–H and O–H groups in total. The molecule has 4 aromatic rings. The number of hydrogen-bond donors (Lipinski definition) is 2. The zero-order valence-electron chi connectivity index (χ0n) is 10.7. The van der Waals surface area contributed by atoms with Crippen molar-refractivity contribution in [3.05, 3.63) is 61.1 Å². The number of fused-ring (bicyclic) bond motifs is 2. The van der Waals surface area contributed by atoms with Crippen LogP contribution < -0.4 is 11.5 Å². The summed E-state index contributed by atoms with van der Waals surface area (Å²) in [6.45, 7) is 0. The van der Waals surface area contributed by atoms with E-state index in [9.17, 15) is 0 Å². The van der Waals surface area contributed by atoms with Crippen LogP contribution in [0, 0.1) is 0 Å². The molecule has 0 saturated carbocycles. The monoisotopic (exact) mass is 266 g/mol. The largest absolute Gasteiger partial charge is 0.464 e. The molecule has 0 spiro atoms. The lowest BCUT2D eigenvalue weighted by Gasteiger charge is -1.92. The summed E-state index contributed by atoms with van der Waals surface area (Å²) in [6.07, 6.45) is 3.20. The molecule has 0 radical (unpaired) electrons. The predicted molar refractivity (Wildman–Crippen MR) is 81.3 cm³/mol. The number of nitrogens with two attached hydrogens (primary N) is 2. The highest BCUT2D eigenvalue weighted by Crippen LogP contribution is 2.27. The van der Waals surface area contributed by atoms with E-state index in [0.29, 0.717) is 17.0 Å². The van der Waals surface area contributed by atoms with Gasteiger partial charge in [-0.1, -0.05) is 24.3 Å². The van der Waals surface area contributed by atoms with E-state index in [1.54, 1.807) is 12.3 Å². The Labute approximate surface area is 115 Å². The number of para-hydroxylation sites is 2. The number of hydrogen-bond acceptors (Lipinski definition) is 4. The fraction of sp³-hybridized carbons (Fsp3) is 0. The van der Waals surface area contributed by atoms with Crippen molar-refractivity contribution in [3.8, 4) is 0 Å². The molecule has 0 aliphatic heterocycles. The van der Waals surface area contributed by atoms with Crippen LogP contribution in [0.2, 0.25) is 0 Å². The summed E-state index contributed by atoms with van der Waals surface area (Å²) in [6, 6.07) is 15.4. The molecular formula is C16H14N2O2. The third-order valence-electron chi connectivity index (χ3n) is 3.02. The molecule has 2 heterocycles. The molecule has 0 bridgehead atoms. The van der Waals surface area contributed by atoms with Gasteiger partial charge in [0.2, 0.25) is 0 Å². The second kappa shape index (κ2) is 5.01. The highest BCUT2D eigenvalue weighted by Gasteiger charge is 2.03. The molecule has 2 aromatic carbocycles. The van der Waals surface area contributed by atoms with Gasteiger partial charge in [0.25, 0.3) is 0 Å². The van der Waals surface area contributed by atoms with Gasteiger partial charge in [-0.15, -0.1) is 0 Å². The van der Waals surface area contributed by atoms with E-state index >= 15 is 0 Å². The van der Waals surface area contributed by atoms with Gasteiger partial charge in [0, 0.05) is 10.8 Å². The van der Waals surface area contributed by atoms with Crippen molar-refractivity contribution in [1.82, 2.24) is 0 Å². The van der Waals surface area contributed by atoms with Crippen molar-refractivity contribution in [3.63, 3.8) is 0 Å². The second-order valence-corrected chi connectivity index (χ2v) is 4.37. The Hall–Kier alpha value is -2.88. The molecule has 0 atom stereocenters. The molecule has 2 aromatic heterocycles. The van der Waals surface area contributed by atoms with Crippen molar-refractivity contribution in [2.75, 3.05) is 11.5 Å².